The number of ether oxygens (including phenoxy) is 2. The van der Waals surface area contributed by atoms with Gasteiger partial charge in [0.05, 0.1) is 26.6 Å². The van der Waals surface area contributed by atoms with E-state index in [-0.39, 0.29) is 36.0 Å². The van der Waals surface area contributed by atoms with Crippen LogP contribution in [-0.4, -0.2) is 28.6 Å². The van der Waals surface area contributed by atoms with Gasteiger partial charge in [0.1, 0.15) is 28.7 Å². The predicted molar refractivity (Wildman–Crippen MR) is 137 cm³/mol. The molecule has 0 aromatic heterocycles. The molecule has 1 amide bonds. The zero-order chi connectivity index (χ0) is 24.8. The third-order valence-corrected chi connectivity index (χ3v) is 6.59. The number of thioether (sulfide) groups is 1. The first-order valence-electron chi connectivity index (χ1n) is 10.2. The van der Waals surface area contributed by atoms with Crippen molar-refractivity contribution in [2.75, 3.05) is 6.61 Å². The van der Waals surface area contributed by atoms with E-state index < -0.39 is 11.9 Å². The second kappa shape index (κ2) is 11.8. The number of aliphatic hydroxyl groups excluding tert-OH is 1. The van der Waals surface area contributed by atoms with Gasteiger partial charge in [-0.25, -0.2) is 9.79 Å². The Morgan fingerprint density at radius 3 is 2.47 bits per heavy atom. The van der Waals surface area contributed by atoms with Gasteiger partial charge in [-0.05, 0) is 48.4 Å². The fourth-order valence-corrected chi connectivity index (χ4v) is 4.45. The topological polar surface area (TPSA) is 85.2 Å². The molecule has 3 rings (SSSR count). The van der Waals surface area contributed by atoms with Crippen molar-refractivity contribution in [1.82, 2.24) is 0 Å². The van der Waals surface area contributed by atoms with E-state index in [0.29, 0.717) is 31.3 Å². The molecule has 1 N–H and O–H groups in total. The first-order chi connectivity index (χ1) is 16.2. The Kier molecular flexibility index (Phi) is 9.08. The normalized spacial score (nSPS) is 15.8. The standard InChI is InChI=1S/C24H20Cl3NO5S/c1-3-20(29)28-23-21(24(31)32-4-2)22(30)19(34-23)11-13-6-8-18(17(27)9-13)33-12-14-5-7-15(25)16(26)10-14/h5-11,30H,3-4,12H2,1-2H3/b19-11-,28-23?. The summed E-state index contributed by atoms with van der Waals surface area (Å²) in [5.41, 5.74) is 1.34. The van der Waals surface area contributed by atoms with Crippen LogP contribution < -0.4 is 4.74 Å². The molecule has 10 heteroatoms. The van der Waals surface area contributed by atoms with Gasteiger partial charge in [0.15, 0.2) is 0 Å². The molecule has 0 radical (unpaired) electrons. The van der Waals surface area contributed by atoms with Crippen molar-refractivity contribution in [3.05, 3.63) is 78.8 Å². The van der Waals surface area contributed by atoms with Crippen LogP contribution in [0.1, 0.15) is 31.4 Å². The summed E-state index contributed by atoms with van der Waals surface area (Å²) in [7, 11) is 0. The lowest BCUT2D eigenvalue weighted by atomic mass is 10.1. The van der Waals surface area contributed by atoms with E-state index in [4.69, 9.17) is 44.3 Å². The fourth-order valence-electron chi connectivity index (χ4n) is 2.85. The highest BCUT2D eigenvalue weighted by Crippen LogP contribution is 2.40. The van der Waals surface area contributed by atoms with Crippen LogP contribution in [0, 0.1) is 0 Å². The van der Waals surface area contributed by atoms with Crippen molar-refractivity contribution >= 4 is 69.6 Å². The monoisotopic (exact) mass is 539 g/mol. The van der Waals surface area contributed by atoms with Crippen LogP contribution in [0.5, 0.6) is 5.75 Å². The molecule has 0 fully saturated rings. The quantitative estimate of drug-likeness (QED) is 0.380. The van der Waals surface area contributed by atoms with Crippen molar-refractivity contribution in [3.8, 4) is 5.75 Å². The zero-order valence-electron chi connectivity index (χ0n) is 18.2. The summed E-state index contributed by atoms with van der Waals surface area (Å²) in [5.74, 6) is -1.01. The second-order valence-electron chi connectivity index (χ2n) is 6.95. The van der Waals surface area contributed by atoms with E-state index >= 15 is 0 Å². The molecule has 0 unspecified atom stereocenters. The van der Waals surface area contributed by atoms with Crippen LogP contribution in [0.25, 0.3) is 6.08 Å². The summed E-state index contributed by atoms with van der Waals surface area (Å²) in [6.45, 7) is 3.66. The van der Waals surface area contributed by atoms with E-state index in [1.54, 1.807) is 56.3 Å². The van der Waals surface area contributed by atoms with E-state index in [2.05, 4.69) is 4.99 Å². The average Bonchev–Trinajstić information content (AvgIpc) is 3.10. The van der Waals surface area contributed by atoms with E-state index in [9.17, 15) is 14.7 Å². The Hall–Kier alpha value is -2.45. The summed E-state index contributed by atoms with van der Waals surface area (Å²) in [6, 6.07) is 10.3. The van der Waals surface area contributed by atoms with Crippen molar-refractivity contribution in [2.24, 2.45) is 4.99 Å². The molecule has 1 heterocycles. The number of amides is 1. The average molecular weight is 541 g/mol. The molecule has 34 heavy (non-hydrogen) atoms. The van der Waals surface area contributed by atoms with Crippen molar-refractivity contribution in [2.45, 2.75) is 26.9 Å². The third-order valence-electron chi connectivity index (χ3n) is 4.53. The van der Waals surface area contributed by atoms with Crippen molar-refractivity contribution in [3.63, 3.8) is 0 Å². The van der Waals surface area contributed by atoms with Crippen LogP contribution in [0.3, 0.4) is 0 Å². The first-order valence-corrected chi connectivity index (χ1v) is 12.2. The number of rotatable bonds is 7. The summed E-state index contributed by atoms with van der Waals surface area (Å²) >= 11 is 19.4. The van der Waals surface area contributed by atoms with Crippen LogP contribution in [0.4, 0.5) is 0 Å². The molecular weight excluding hydrogens is 521 g/mol. The van der Waals surface area contributed by atoms with Gasteiger partial charge in [0, 0.05) is 6.42 Å². The van der Waals surface area contributed by atoms with Crippen LogP contribution in [-0.2, 0) is 20.9 Å². The van der Waals surface area contributed by atoms with Gasteiger partial charge < -0.3 is 14.6 Å². The number of aliphatic imine (C=N–C) groups is 1. The number of halogens is 3. The van der Waals surface area contributed by atoms with Crippen molar-refractivity contribution < 1.29 is 24.2 Å². The molecule has 6 nitrogen and oxygen atoms in total. The molecule has 0 saturated heterocycles. The van der Waals surface area contributed by atoms with Gasteiger partial charge in [-0.2, -0.15) is 0 Å². The Morgan fingerprint density at radius 1 is 1.06 bits per heavy atom. The SMILES string of the molecule is CCOC(=O)C1=C(O)/C(=C/c2ccc(OCc3ccc(Cl)c(Cl)c3)c(Cl)c2)SC1=NC(=O)CC. The lowest BCUT2D eigenvalue weighted by molar-refractivity contribution is -0.138. The van der Waals surface area contributed by atoms with Crippen molar-refractivity contribution in [1.29, 1.82) is 0 Å². The van der Waals surface area contributed by atoms with Gasteiger partial charge in [0.25, 0.3) is 0 Å². The summed E-state index contributed by atoms with van der Waals surface area (Å²) in [4.78, 5) is 28.4. The number of hydrogen-bond acceptors (Lipinski definition) is 6. The van der Waals surface area contributed by atoms with Gasteiger partial charge in [-0.3, -0.25) is 4.79 Å². The molecule has 0 bridgehead atoms. The number of nitrogens with zero attached hydrogens (tertiary/aromatic N) is 1. The molecule has 1 aliphatic rings. The Morgan fingerprint density at radius 2 is 1.82 bits per heavy atom. The smallest absolute Gasteiger partial charge is 0.344 e. The summed E-state index contributed by atoms with van der Waals surface area (Å²) in [5, 5.41) is 12.0. The van der Waals surface area contributed by atoms with Crippen LogP contribution >= 0.6 is 46.6 Å². The highest BCUT2D eigenvalue weighted by atomic mass is 35.5. The maximum atomic E-state index is 12.3. The summed E-state index contributed by atoms with van der Waals surface area (Å²) < 4.78 is 10.8. The number of aliphatic hydroxyl groups is 1. The minimum atomic E-state index is -0.748. The Bertz CT molecular complexity index is 1220. The molecule has 178 valence electrons. The van der Waals surface area contributed by atoms with Gasteiger partial charge in [-0.1, -0.05) is 65.6 Å². The molecular formula is C24H20Cl3NO5S. The highest BCUT2D eigenvalue weighted by molar-refractivity contribution is 8.18. The van der Waals surface area contributed by atoms with Crippen LogP contribution in [0.15, 0.2) is 57.6 Å². The molecule has 0 atom stereocenters. The molecule has 0 aliphatic carbocycles. The fraction of sp³-hybridized carbons (Fsp3) is 0.208. The maximum Gasteiger partial charge on any atom is 0.344 e. The van der Waals surface area contributed by atoms with Gasteiger partial charge >= 0.3 is 5.97 Å². The van der Waals surface area contributed by atoms with Gasteiger partial charge in [-0.15, -0.1) is 0 Å². The van der Waals surface area contributed by atoms with Crippen LogP contribution in [0.2, 0.25) is 15.1 Å². The number of carbonyl (C=O) groups excluding carboxylic acids is 2. The number of benzene rings is 2. The molecule has 2 aromatic rings. The Balaban J connectivity index is 1.83. The maximum absolute atomic E-state index is 12.3. The highest BCUT2D eigenvalue weighted by Gasteiger charge is 2.33. The third kappa shape index (κ3) is 6.36. The lowest BCUT2D eigenvalue weighted by Gasteiger charge is -2.10. The van der Waals surface area contributed by atoms with E-state index in [0.717, 1.165) is 17.3 Å². The lowest BCUT2D eigenvalue weighted by Crippen LogP contribution is -2.14. The first kappa shape index (κ1) is 26.2. The molecule has 0 saturated carbocycles. The minimum absolute atomic E-state index is 0.0988. The number of esters is 1. The van der Waals surface area contributed by atoms with E-state index in [1.807, 2.05) is 0 Å². The minimum Gasteiger partial charge on any atom is -0.506 e. The van der Waals surface area contributed by atoms with E-state index in [1.165, 1.54) is 0 Å². The second-order valence-corrected chi connectivity index (χ2v) is 9.20. The predicted octanol–water partition coefficient (Wildman–Crippen LogP) is 7.02. The zero-order valence-corrected chi connectivity index (χ0v) is 21.3. The molecule has 0 spiro atoms. The number of hydrogen-bond donors (Lipinski definition) is 1. The molecule has 1 aliphatic heterocycles. The van der Waals surface area contributed by atoms with Gasteiger partial charge in [0.2, 0.25) is 5.91 Å². The molecule has 2 aromatic carbocycles. The number of carbonyl (C=O) groups is 2. The Labute approximate surface area is 216 Å². The largest absolute Gasteiger partial charge is 0.506 e. The summed E-state index contributed by atoms with van der Waals surface area (Å²) in [6.07, 6.45) is 1.80.